The Morgan fingerprint density at radius 2 is 2.00 bits per heavy atom. The third-order valence-electron chi connectivity index (χ3n) is 3.86. The molecule has 112 valence electrons. The molecule has 1 amide bonds. The fraction of sp³-hybridized carbons (Fsp3) is 0.923. The van der Waals surface area contributed by atoms with E-state index in [1.165, 1.54) is 6.26 Å². The molecule has 0 aromatic rings. The maximum atomic E-state index is 12.2. The van der Waals surface area contributed by atoms with Crippen molar-refractivity contribution < 1.29 is 13.2 Å². The van der Waals surface area contributed by atoms with E-state index < -0.39 is 15.4 Å². The minimum Gasteiger partial charge on any atom is -0.351 e. The van der Waals surface area contributed by atoms with E-state index in [1.807, 2.05) is 13.8 Å². The van der Waals surface area contributed by atoms with E-state index in [9.17, 15) is 13.2 Å². The molecule has 1 fully saturated rings. The van der Waals surface area contributed by atoms with Gasteiger partial charge in [0.15, 0.2) is 0 Å². The van der Waals surface area contributed by atoms with Gasteiger partial charge in [-0.3, -0.25) is 4.79 Å². The molecule has 0 saturated heterocycles. The van der Waals surface area contributed by atoms with Crippen molar-refractivity contribution in [2.45, 2.75) is 45.1 Å². The molecule has 0 aromatic carbocycles. The third-order valence-corrected chi connectivity index (χ3v) is 4.80. The molecule has 1 rings (SSSR count). The first-order valence-electron chi connectivity index (χ1n) is 6.84. The predicted octanol–water partition coefficient (Wildman–Crippen LogP) is 0.691. The topological polar surface area (TPSA) is 89.3 Å². The Bertz CT molecular complexity index is 418. The second-order valence-corrected chi connectivity index (χ2v) is 8.55. The van der Waals surface area contributed by atoms with Crippen molar-refractivity contribution in [3.63, 3.8) is 0 Å². The van der Waals surface area contributed by atoms with Crippen LogP contribution in [0.1, 0.15) is 39.5 Å². The molecule has 0 radical (unpaired) electrons. The molecule has 3 N–H and O–H groups in total. The lowest BCUT2D eigenvalue weighted by atomic mass is 9.93. The van der Waals surface area contributed by atoms with Gasteiger partial charge in [-0.1, -0.05) is 6.42 Å². The van der Waals surface area contributed by atoms with Gasteiger partial charge in [-0.05, 0) is 45.6 Å². The van der Waals surface area contributed by atoms with Gasteiger partial charge in [0.2, 0.25) is 5.91 Å². The Kier molecular flexibility index (Phi) is 5.38. The van der Waals surface area contributed by atoms with Crippen LogP contribution in [0.15, 0.2) is 0 Å². The lowest BCUT2D eigenvalue weighted by molar-refractivity contribution is -0.127. The molecular formula is C13H26N2O3S. The van der Waals surface area contributed by atoms with Crippen molar-refractivity contribution >= 4 is 15.7 Å². The van der Waals surface area contributed by atoms with Crippen molar-refractivity contribution in [3.05, 3.63) is 0 Å². The summed E-state index contributed by atoms with van der Waals surface area (Å²) in [5.74, 6) is 0.366. The van der Waals surface area contributed by atoms with Crippen LogP contribution >= 0.6 is 0 Å². The van der Waals surface area contributed by atoms with E-state index >= 15 is 0 Å². The number of hydrogen-bond donors (Lipinski definition) is 2. The summed E-state index contributed by atoms with van der Waals surface area (Å²) >= 11 is 0. The lowest BCUT2D eigenvalue weighted by Crippen LogP contribution is -2.48. The van der Waals surface area contributed by atoms with Crippen LogP contribution in [0, 0.1) is 11.8 Å². The van der Waals surface area contributed by atoms with E-state index in [0.717, 1.165) is 19.3 Å². The number of amides is 1. The van der Waals surface area contributed by atoms with E-state index in [1.54, 1.807) is 0 Å². The average Bonchev–Trinajstić information content (AvgIpc) is 2.73. The van der Waals surface area contributed by atoms with Crippen LogP contribution in [0.5, 0.6) is 0 Å². The minimum absolute atomic E-state index is 0.0116. The molecule has 0 bridgehead atoms. The summed E-state index contributed by atoms with van der Waals surface area (Å²) in [5.41, 5.74) is 5.18. The van der Waals surface area contributed by atoms with Gasteiger partial charge in [0, 0.05) is 17.7 Å². The molecule has 6 heteroatoms. The SMILES string of the molecule is CC(C)(CCS(C)(=O)=O)NC(=O)[C@@H]1CCC[C@@H]1CN. The summed E-state index contributed by atoms with van der Waals surface area (Å²) in [4.78, 5) is 12.2. The maximum Gasteiger partial charge on any atom is 0.223 e. The second-order valence-electron chi connectivity index (χ2n) is 6.29. The molecule has 1 saturated carbocycles. The van der Waals surface area contributed by atoms with Gasteiger partial charge in [0.25, 0.3) is 0 Å². The van der Waals surface area contributed by atoms with Gasteiger partial charge < -0.3 is 11.1 Å². The summed E-state index contributed by atoms with van der Waals surface area (Å²) in [6.45, 7) is 4.27. The number of carbonyl (C=O) groups is 1. The first-order chi connectivity index (χ1) is 8.64. The summed E-state index contributed by atoms with van der Waals surface area (Å²) in [5, 5.41) is 2.98. The lowest BCUT2D eigenvalue weighted by Gasteiger charge is -2.29. The van der Waals surface area contributed by atoms with Crippen LogP contribution in [-0.2, 0) is 14.6 Å². The largest absolute Gasteiger partial charge is 0.351 e. The zero-order valence-electron chi connectivity index (χ0n) is 12.1. The van der Waals surface area contributed by atoms with Crippen molar-refractivity contribution in [2.24, 2.45) is 17.6 Å². The van der Waals surface area contributed by atoms with E-state index in [2.05, 4.69) is 5.32 Å². The first-order valence-corrected chi connectivity index (χ1v) is 8.90. The highest BCUT2D eigenvalue weighted by Gasteiger charge is 2.34. The molecule has 1 aliphatic carbocycles. The quantitative estimate of drug-likeness (QED) is 0.753. The predicted molar refractivity (Wildman–Crippen MR) is 76.4 cm³/mol. The van der Waals surface area contributed by atoms with Crippen LogP contribution in [0.3, 0.4) is 0 Å². The molecule has 0 unspecified atom stereocenters. The summed E-state index contributed by atoms with van der Waals surface area (Å²) < 4.78 is 22.4. The molecule has 5 nitrogen and oxygen atoms in total. The number of rotatable bonds is 6. The standard InChI is InChI=1S/C13H26N2O3S/c1-13(2,7-8-19(3,17)18)15-12(16)11-6-4-5-10(11)9-14/h10-11H,4-9,14H2,1-3H3,(H,15,16)/t10-,11-/m1/s1. The normalized spacial score (nSPS) is 24.4. The summed E-state index contributed by atoms with van der Waals surface area (Å²) in [6, 6.07) is 0. The average molecular weight is 290 g/mol. The highest BCUT2D eigenvalue weighted by Crippen LogP contribution is 2.31. The smallest absolute Gasteiger partial charge is 0.223 e. The number of nitrogens with two attached hydrogens (primary N) is 1. The number of nitrogens with one attached hydrogen (secondary N) is 1. The maximum absolute atomic E-state index is 12.2. The van der Waals surface area contributed by atoms with E-state index in [0.29, 0.717) is 13.0 Å². The molecule has 0 heterocycles. The Balaban J connectivity index is 2.55. The number of carbonyl (C=O) groups excluding carboxylic acids is 1. The summed E-state index contributed by atoms with van der Waals surface area (Å²) in [6.07, 6.45) is 4.59. The second kappa shape index (κ2) is 6.22. The van der Waals surface area contributed by atoms with Gasteiger partial charge in [-0.25, -0.2) is 8.42 Å². The van der Waals surface area contributed by atoms with Crippen LogP contribution in [0.4, 0.5) is 0 Å². The van der Waals surface area contributed by atoms with E-state index in [-0.39, 0.29) is 23.5 Å². The third kappa shape index (κ3) is 5.48. The zero-order chi connectivity index (χ0) is 14.7. The minimum atomic E-state index is -3.00. The Morgan fingerprint density at radius 3 is 2.53 bits per heavy atom. The van der Waals surface area contributed by atoms with Gasteiger partial charge in [0.1, 0.15) is 9.84 Å². The molecule has 2 atom stereocenters. The Labute approximate surface area is 116 Å². The molecule has 0 aliphatic heterocycles. The zero-order valence-corrected chi connectivity index (χ0v) is 12.9. The van der Waals surface area contributed by atoms with Crippen molar-refractivity contribution in [1.29, 1.82) is 0 Å². The molecule has 19 heavy (non-hydrogen) atoms. The Hall–Kier alpha value is -0.620. The van der Waals surface area contributed by atoms with Crippen LogP contribution < -0.4 is 11.1 Å². The summed E-state index contributed by atoms with van der Waals surface area (Å²) in [7, 11) is -3.00. The van der Waals surface area contributed by atoms with Gasteiger partial charge in [0.05, 0.1) is 5.75 Å². The van der Waals surface area contributed by atoms with Gasteiger partial charge in [-0.2, -0.15) is 0 Å². The van der Waals surface area contributed by atoms with Gasteiger partial charge >= 0.3 is 0 Å². The van der Waals surface area contributed by atoms with Crippen LogP contribution in [0.25, 0.3) is 0 Å². The highest BCUT2D eigenvalue weighted by molar-refractivity contribution is 7.90. The first kappa shape index (κ1) is 16.4. The highest BCUT2D eigenvalue weighted by atomic mass is 32.2. The molecule has 1 aliphatic rings. The molecule has 0 spiro atoms. The molecule has 0 aromatic heterocycles. The van der Waals surface area contributed by atoms with Crippen molar-refractivity contribution in [3.8, 4) is 0 Å². The van der Waals surface area contributed by atoms with Crippen molar-refractivity contribution in [1.82, 2.24) is 5.32 Å². The monoisotopic (exact) mass is 290 g/mol. The fourth-order valence-electron chi connectivity index (χ4n) is 2.59. The Morgan fingerprint density at radius 1 is 1.37 bits per heavy atom. The fourth-order valence-corrected chi connectivity index (χ4v) is 3.47. The van der Waals surface area contributed by atoms with Gasteiger partial charge in [-0.15, -0.1) is 0 Å². The van der Waals surface area contributed by atoms with Crippen molar-refractivity contribution in [2.75, 3.05) is 18.6 Å². The number of hydrogen-bond acceptors (Lipinski definition) is 4. The van der Waals surface area contributed by atoms with Crippen LogP contribution in [0.2, 0.25) is 0 Å². The van der Waals surface area contributed by atoms with E-state index in [4.69, 9.17) is 5.73 Å². The molecular weight excluding hydrogens is 264 g/mol. The van der Waals surface area contributed by atoms with Crippen LogP contribution in [-0.4, -0.2) is 38.4 Å². The number of sulfone groups is 1.